The van der Waals surface area contributed by atoms with Crippen LogP contribution in [0.1, 0.15) is 43.9 Å². The molecule has 0 saturated heterocycles. The number of aromatic nitrogens is 2. The van der Waals surface area contributed by atoms with E-state index in [0.717, 1.165) is 0 Å². The number of hydrogen-bond acceptors (Lipinski definition) is 8. The van der Waals surface area contributed by atoms with E-state index in [1.807, 2.05) is 0 Å². The molecule has 1 heterocycles. The minimum absolute atomic E-state index is 0.226. The molecular weight excluding hydrogens is 471 g/mol. The molecule has 1 unspecified atom stereocenters. The first-order valence-electron chi connectivity index (χ1n) is 10.1. The topological polar surface area (TPSA) is 174 Å². The van der Waals surface area contributed by atoms with Gasteiger partial charge in [-0.2, -0.15) is 0 Å². The molecule has 1 aromatic heterocycles. The molecule has 0 aliphatic carbocycles. The number of nitroso groups, excluding NO2 is 1. The monoisotopic (exact) mass is 496 g/mol. The number of rotatable bonds is 12. The molecule has 2 rings (SSSR count). The third-order valence-electron chi connectivity index (χ3n) is 4.63. The fourth-order valence-corrected chi connectivity index (χ4v) is 3.47. The zero-order valence-electron chi connectivity index (χ0n) is 18.4. The normalized spacial score (nSPS) is 14.2. The highest BCUT2D eigenvalue weighted by atomic mass is 32.2. The van der Waals surface area contributed by atoms with Gasteiger partial charge in [-0.25, -0.2) is 22.9 Å². The van der Waals surface area contributed by atoms with Crippen molar-refractivity contribution in [3.8, 4) is 11.3 Å². The molecule has 0 spiro atoms. The van der Waals surface area contributed by atoms with Crippen LogP contribution in [0, 0.1) is 10.7 Å². The largest absolute Gasteiger partial charge is 0.481 e. The molecule has 0 fully saturated rings. The van der Waals surface area contributed by atoms with E-state index in [1.54, 1.807) is 13.8 Å². The highest BCUT2D eigenvalue weighted by Crippen LogP contribution is 2.31. The number of nitrogens with zero attached hydrogens (tertiary/aromatic N) is 4. The standard InChI is InChI=1S/C21H25FN4O7S/c1-12(2)19-17(8-7-15(27)9-16(28)10-18(29)30)20(13-3-5-14(22)6-4-13)25-21(24-19)26(11-23-31)34(32)33/h3-8,12,15-16,27-28H,9-11H2,1-2H3,(H,29,30)(H,32,33)/b8-7+/t15-,16-/m1/s1. The number of halogens is 1. The molecule has 3 atom stereocenters. The molecule has 13 heteroatoms. The van der Waals surface area contributed by atoms with Gasteiger partial charge in [0.1, 0.15) is 5.82 Å². The maximum absolute atomic E-state index is 13.5. The number of carboxylic acid groups (broad SMARTS) is 1. The first kappa shape index (κ1) is 27.1. The molecule has 1 aromatic carbocycles. The molecule has 0 bridgehead atoms. The lowest BCUT2D eigenvalue weighted by molar-refractivity contribution is -0.139. The van der Waals surface area contributed by atoms with E-state index in [9.17, 15) is 33.1 Å². The average Bonchev–Trinajstić information content (AvgIpc) is 2.75. The highest BCUT2D eigenvalue weighted by Gasteiger charge is 2.23. The summed E-state index contributed by atoms with van der Waals surface area (Å²) in [5.74, 6) is -2.21. The second kappa shape index (κ2) is 12.4. The molecule has 0 saturated carbocycles. The molecule has 0 aliphatic heterocycles. The van der Waals surface area contributed by atoms with E-state index in [2.05, 4.69) is 15.1 Å². The molecule has 2 aromatic rings. The Kier molecular flexibility index (Phi) is 9.86. The van der Waals surface area contributed by atoms with Crippen molar-refractivity contribution in [1.29, 1.82) is 0 Å². The van der Waals surface area contributed by atoms with Crippen LogP contribution in [0.5, 0.6) is 0 Å². The molecule has 4 N–H and O–H groups in total. The molecule has 0 aliphatic rings. The summed E-state index contributed by atoms with van der Waals surface area (Å²) >= 11 is -2.65. The van der Waals surface area contributed by atoms with Gasteiger partial charge in [0, 0.05) is 17.5 Å². The predicted molar refractivity (Wildman–Crippen MR) is 123 cm³/mol. The first-order valence-corrected chi connectivity index (χ1v) is 11.2. The van der Waals surface area contributed by atoms with Gasteiger partial charge in [-0.1, -0.05) is 26.0 Å². The lowest BCUT2D eigenvalue weighted by Gasteiger charge is -2.20. The molecule has 0 amide bonds. The van der Waals surface area contributed by atoms with Gasteiger partial charge in [-0.3, -0.25) is 9.35 Å². The average molecular weight is 497 g/mol. The number of aliphatic hydroxyl groups is 2. The van der Waals surface area contributed by atoms with Crippen LogP contribution in [0.15, 0.2) is 35.5 Å². The maximum atomic E-state index is 13.5. The van der Waals surface area contributed by atoms with Crippen LogP contribution in [0.2, 0.25) is 0 Å². The van der Waals surface area contributed by atoms with Crippen LogP contribution in [0.4, 0.5) is 10.3 Å². The van der Waals surface area contributed by atoms with Gasteiger partial charge in [0.25, 0.3) is 11.3 Å². The van der Waals surface area contributed by atoms with E-state index in [4.69, 9.17) is 5.11 Å². The van der Waals surface area contributed by atoms with Crippen molar-refractivity contribution in [3.05, 3.63) is 52.3 Å². The van der Waals surface area contributed by atoms with Gasteiger partial charge >= 0.3 is 5.97 Å². The van der Waals surface area contributed by atoms with Crippen LogP contribution in [0.3, 0.4) is 0 Å². The van der Waals surface area contributed by atoms with Gasteiger partial charge in [-0.15, -0.1) is 4.91 Å². The summed E-state index contributed by atoms with van der Waals surface area (Å²) in [7, 11) is 0. The Balaban J connectivity index is 2.62. The Labute approximate surface area is 197 Å². The Morgan fingerprint density at radius 1 is 1.24 bits per heavy atom. The van der Waals surface area contributed by atoms with E-state index in [1.165, 1.54) is 36.4 Å². The van der Waals surface area contributed by atoms with Gasteiger partial charge in [0.2, 0.25) is 5.95 Å². The van der Waals surface area contributed by atoms with E-state index in [-0.39, 0.29) is 24.0 Å². The van der Waals surface area contributed by atoms with Crippen molar-refractivity contribution in [1.82, 2.24) is 9.97 Å². The van der Waals surface area contributed by atoms with E-state index < -0.39 is 48.4 Å². The number of carboxylic acids is 1. The fourth-order valence-electron chi connectivity index (χ4n) is 3.10. The predicted octanol–water partition coefficient (Wildman–Crippen LogP) is 2.67. The SMILES string of the molecule is CC(C)c1nc(N(CN=O)S(=O)O)nc(-c2ccc(F)cc2)c1/C=C/[C@@H](O)C[C@@H](O)CC(=O)O. The minimum atomic E-state index is -2.65. The van der Waals surface area contributed by atoms with Crippen LogP contribution in [-0.4, -0.2) is 58.9 Å². The third-order valence-corrected chi connectivity index (χ3v) is 5.29. The summed E-state index contributed by atoms with van der Waals surface area (Å²) in [4.78, 5) is 30.1. The molecule has 34 heavy (non-hydrogen) atoms. The number of aliphatic carboxylic acids is 1. The van der Waals surface area contributed by atoms with Crippen LogP contribution in [0.25, 0.3) is 17.3 Å². The van der Waals surface area contributed by atoms with Crippen molar-refractivity contribution in [2.75, 3.05) is 11.0 Å². The first-order chi connectivity index (χ1) is 16.0. The third kappa shape index (κ3) is 7.45. The van der Waals surface area contributed by atoms with Crippen LogP contribution in [-0.2, 0) is 16.1 Å². The quantitative estimate of drug-likeness (QED) is 0.254. The number of carbonyl (C=O) groups is 1. The van der Waals surface area contributed by atoms with Crippen molar-refractivity contribution in [2.45, 2.75) is 44.8 Å². The Bertz CT molecular complexity index is 1070. The van der Waals surface area contributed by atoms with Crippen molar-refractivity contribution in [3.63, 3.8) is 0 Å². The lowest BCUT2D eigenvalue weighted by Crippen LogP contribution is -2.28. The van der Waals surface area contributed by atoms with E-state index >= 15 is 0 Å². The summed E-state index contributed by atoms with van der Waals surface area (Å²) < 4.78 is 35.5. The van der Waals surface area contributed by atoms with Gasteiger partial charge in [-0.05, 0) is 35.4 Å². The lowest BCUT2D eigenvalue weighted by atomic mass is 9.97. The molecule has 11 nitrogen and oxygen atoms in total. The second-order valence-corrected chi connectivity index (χ2v) is 8.53. The summed E-state index contributed by atoms with van der Waals surface area (Å²) in [6.07, 6.45) is -0.408. The fraction of sp³-hybridized carbons (Fsp3) is 0.381. The van der Waals surface area contributed by atoms with Crippen LogP contribution >= 0.6 is 0 Å². The molecule has 184 valence electrons. The summed E-state index contributed by atoms with van der Waals surface area (Å²) in [5, 5.41) is 31.4. The number of aliphatic hydroxyl groups excluding tert-OH is 2. The molecule has 0 radical (unpaired) electrons. The van der Waals surface area contributed by atoms with Crippen molar-refractivity contribution < 1.29 is 33.3 Å². The zero-order chi connectivity index (χ0) is 25.4. The summed E-state index contributed by atoms with van der Waals surface area (Å²) in [6, 6.07) is 5.28. The van der Waals surface area contributed by atoms with Crippen molar-refractivity contribution in [2.24, 2.45) is 5.18 Å². The Hall–Kier alpha value is -3.13. The summed E-state index contributed by atoms with van der Waals surface area (Å²) in [6.45, 7) is 2.89. The van der Waals surface area contributed by atoms with Gasteiger partial charge in [0.05, 0.1) is 30.0 Å². The van der Waals surface area contributed by atoms with Crippen molar-refractivity contribution >= 4 is 29.3 Å². The van der Waals surface area contributed by atoms with Gasteiger partial charge in [0.15, 0.2) is 6.67 Å². The summed E-state index contributed by atoms with van der Waals surface area (Å²) in [5.41, 5.74) is 1.44. The van der Waals surface area contributed by atoms with Crippen LogP contribution < -0.4 is 4.31 Å². The molecular formula is C21H25FN4O7S. The smallest absolute Gasteiger partial charge is 0.305 e. The van der Waals surface area contributed by atoms with E-state index in [0.29, 0.717) is 21.1 Å². The minimum Gasteiger partial charge on any atom is -0.481 e. The highest BCUT2D eigenvalue weighted by molar-refractivity contribution is 7.80. The van der Waals surface area contributed by atoms with Gasteiger partial charge < -0.3 is 15.3 Å². The number of anilines is 1. The number of hydrogen-bond donors (Lipinski definition) is 4. The Morgan fingerprint density at radius 2 is 1.88 bits per heavy atom. The number of benzene rings is 1. The Morgan fingerprint density at radius 3 is 2.41 bits per heavy atom. The maximum Gasteiger partial charge on any atom is 0.305 e. The zero-order valence-corrected chi connectivity index (χ0v) is 19.2. The second-order valence-electron chi connectivity index (χ2n) is 7.63.